The molecule has 1 aromatic carbocycles. The number of benzene rings is 1. The highest BCUT2D eigenvalue weighted by atomic mass is 32.2. The Hall–Kier alpha value is -1.93. The average Bonchev–Trinajstić information content (AvgIpc) is 2.65. The van der Waals surface area contributed by atoms with E-state index in [1.807, 2.05) is 30.3 Å². The molecule has 0 bridgehead atoms. The zero-order valence-electron chi connectivity index (χ0n) is 15.1. The van der Waals surface area contributed by atoms with Crippen molar-refractivity contribution in [2.75, 3.05) is 18.8 Å². The van der Waals surface area contributed by atoms with Gasteiger partial charge in [-0.05, 0) is 24.8 Å². The fourth-order valence-corrected chi connectivity index (χ4v) is 4.77. The molecule has 1 aliphatic heterocycles. The summed E-state index contributed by atoms with van der Waals surface area (Å²) in [6.45, 7) is 2.38. The molecule has 0 saturated carbocycles. The van der Waals surface area contributed by atoms with E-state index < -0.39 is 22.0 Å². The summed E-state index contributed by atoms with van der Waals surface area (Å²) in [5, 5.41) is 5.31. The lowest BCUT2D eigenvalue weighted by Gasteiger charge is -2.33. The van der Waals surface area contributed by atoms with E-state index in [1.165, 1.54) is 4.31 Å². The van der Waals surface area contributed by atoms with Gasteiger partial charge in [0.05, 0.1) is 12.3 Å². The van der Waals surface area contributed by atoms with Crippen LogP contribution in [0.1, 0.15) is 38.2 Å². The second-order valence-electron chi connectivity index (χ2n) is 6.42. The van der Waals surface area contributed by atoms with Crippen LogP contribution < -0.4 is 10.6 Å². The minimum atomic E-state index is -3.44. The van der Waals surface area contributed by atoms with Gasteiger partial charge in [0.1, 0.15) is 6.04 Å². The van der Waals surface area contributed by atoms with Crippen molar-refractivity contribution >= 4 is 21.8 Å². The van der Waals surface area contributed by atoms with Gasteiger partial charge in [-0.2, -0.15) is 4.31 Å². The first-order chi connectivity index (χ1) is 12.4. The number of carbonyl (C=O) groups is 2. The van der Waals surface area contributed by atoms with Crippen molar-refractivity contribution in [3.8, 4) is 0 Å². The number of rotatable bonds is 8. The maximum atomic E-state index is 12.4. The molecule has 1 unspecified atom stereocenters. The standard InChI is InChI=1S/C18H27N3O4S/c1-2-12-26(24,25)21-11-7-6-10-16(21)18(23)20-14-17(22)19-13-15-8-4-3-5-9-15/h3-5,8-9,16H,2,6-7,10-14H2,1H3,(H,19,22)(H,20,23). The summed E-state index contributed by atoms with van der Waals surface area (Å²) in [4.78, 5) is 24.4. The quantitative estimate of drug-likeness (QED) is 0.703. The Morgan fingerprint density at radius 2 is 1.88 bits per heavy atom. The molecular weight excluding hydrogens is 354 g/mol. The molecule has 1 heterocycles. The third-order valence-electron chi connectivity index (χ3n) is 4.33. The summed E-state index contributed by atoms with van der Waals surface area (Å²) in [6.07, 6.45) is 2.55. The van der Waals surface area contributed by atoms with Gasteiger partial charge in [0.15, 0.2) is 0 Å². The van der Waals surface area contributed by atoms with Crippen molar-refractivity contribution in [1.82, 2.24) is 14.9 Å². The fourth-order valence-electron chi connectivity index (χ4n) is 3.02. The second kappa shape index (κ2) is 9.68. The van der Waals surface area contributed by atoms with Crippen LogP contribution in [0.25, 0.3) is 0 Å². The monoisotopic (exact) mass is 381 g/mol. The molecule has 0 aromatic heterocycles. The van der Waals surface area contributed by atoms with Crippen molar-refractivity contribution in [3.63, 3.8) is 0 Å². The molecule has 0 aliphatic carbocycles. The van der Waals surface area contributed by atoms with Gasteiger partial charge in [-0.1, -0.05) is 43.7 Å². The summed E-state index contributed by atoms with van der Waals surface area (Å²) in [5.74, 6) is -0.672. The van der Waals surface area contributed by atoms with Crippen molar-refractivity contribution in [3.05, 3.63) is 35.9 Å². The lowest BCUT2D eigenvalue weighted by atomic mass is 10.0. The number of hydrogen-bond acceptors (Lipinski definition) is 4. The van der Waals surface area contributed by atoms with Gasteiger partial charge in [-0.3, -0.25) is 9.59 Å². The van der Waals surface area contributed by atoms with E-state index in [-0.39, 0.29) is 18.2 Å². The Morgan fingerprint density at radius 3 is 2.58 bits per heavy atom. The Balaban J connectivity index is 1.86. The van der Waals surface area contributed by atoms with Crippen LogP contribution in [0, 0.1) is 0 Å². The highest BCUT2D eigenvalue weighted by Crippen LogP contribution is 2.21. The van der Waals surface area contributed by atoms with E-state index in [2.05, 4.69) is 10.6 Å². The molecule has 1 aliphatic rings. The summed E-state index contributed by atoms with van der Waals surface area (Å²) in [5.41, 5.74) is 0.969. The minimum Gasteiger partial charge on any atom is -0.350 e. The summed E-state index contributed by atoms with van der Waals surface area (Å²) in [6, 6.07) is 8.75. The largest absolute Gasteiger partial charge is 0.350 e. The Labute approximate surface area is 155 Å². The highest BCUT2D eigenvalue weighted by Gasteiger charge is 2.36. The first kappa shape index (κ1) is 20.4. The molecule has 7 nitrogen and oxygen atoms in total. The van der Waals surface area contributed by atoms with Crippen molar-refractivity contribution < 1.29 is 18.0 Å². The third-order valence-corrected chi connectivity index (χ3v) is 6.41. The van der Waals surface area contributed by atoms with Crippen LogP contribution >= 0.6 is 0 Å². The molecule has 144 valence electrons. The molecule has 1 saturated heterocycles. The summed E-state index contributed by atoms with van der Waals surface area (Å²) >= 11 is 0. The van der Waals surface area contributed by atoms with E-state index in [0.29, 0.717) is 25.9 Å². The lowest BCUT2D eigenvalue weighted by molar-refractivity contribution is -0.129. The van der Waals surface area contributed by atoms with Gasteiger partial charge in [-0.25, -0.2) is 8.42 Å². The van der Waals surface area contributed by atoms with Gasteiger partial charge < -0.3 is 10.6 Å². The zero-order chi connectivity index (χ0) is 19.0. The molecule has 8 heteroatoms. The zero-order valence-corrected chi connectivity index (χ0v) is 15.9. The number of piperidine rings is 1. The van der Waals surface area contributed by atoms with Crippen molar-refractivity contribution in [2.45, 2.75) is 45.2 Å². The van der Waals surface area contributed by atoms with Crippen LogP contribution in [0.15, 0.2) is 30.3 Å². The average molecular weight is 381 g/mol. The number of sulfonamides is 1. The maximum Gasteiger partial charge on any atom is 0.239 e. The molecule has 2 amide bonds. The number of amides is 2. The van der Waals surface area contributed by atoms with E-state index in [9.17, 15) is 18.0 Å². The topological polar surface area (TPSA) is 95.6 Å². The highest BCUT2D eigenvalue weighted by molar-refractivity contribution is 7.89. The number of hydrogen-bond donors (Lipinski definition) is 2. The van der Waals surface area contributed by atoms with Crippen LogP contribution in [0.4, 0.5) is 0 Å². The van der Waals surface area contributed by atoms with Crippen LogP contribution in [0.2, 0.25) is 0 Å². The van der Waals surface area contributed by atoms with E-state index in [0.717, 1.165) is 18.4 Å². The normalized spacial score (nSPS) is 18.3. The van der Waals surface area contributed by atoms with Crippen molar-refractivity contribution in [2.24, 2.45) is 0 Å². The minimum absolute atomic E-state index is 0.0361. The van der Waals surface area contributed by atoms with E-state index >= 15 is 0 Å². The number of nitrogens with one attached hydrogen (secondary N) is 2. The molecule has 26 heavy (non-hydrogen) atoms. The van der Waals surface area contributed by atoms with Crippen LogP contribution in [-0.2, 0) is 26.2 Å². The number of nitrogens with zero attached hydrogens (tertiary/aromatic N) is 1. The Morgan fingerprint density at radius 1 is 1.15 bits per heavy atom. The SMILES string of the molecule is CCCS(=O)(=O)N1CCCCC1C(=O)NCC(=O)NCc1ccccc1. The first-order valence-electron chi connectivity index (χ1n) is 9.02. The first-order valence-corrected chi connectivity index (χ1v) is 10.6. The molecule has 2 N–H and O–H groups in total. The van der Waals surface area contributed by atoms with Gasteiger partial charge in [0.25, 0.3) is 0 Å². The number of carbonyl (C=O) groups excluding carboxylic acids is 2. The van der Waals surface area contributed by atoms with Crippen molar-refractivity contribution in [1.29, 1.82) is 0 Å². The molecule has 0 radical (unpaired) electrons. The van der Waals surface area contributed by atoms with Gasteiger partial charge in [-0.15, -0.1) is 0 Å². The predicted octanol–water partition coefficient (Wildman–Crippen LogP) is 1.01. The third kappa shape index (κ3) is 5.81. The van der Waals surface area contributed by atoms with E-state index in [1.54, 1.807) is 6.92 Å². The second-order valence-corrected chi connectivity index (χ2v) is 8.46. The Kier molecular flexibility index (Phi) is 7.59. The smallest absolute Gasteiger partial charge is 0.239 e. The van der Waals surface area contributed by atoms with Crippen LogP contribution in [-0.4, -0.2) is 49.4 Å². The predicted molar refractivity (Wildman–Crippen MR) is 99.7 cm³/mol. The van der Waals surface area contributed by atoms with Crippen LogP contribution in [0.5, 0.6) is 0 Å². The summed E-state index contributed by atoms with van der Waals surface area (Å²) < 4.78 is 26.0. The van der Waals surface area contributed by atoms with E-state index in [4.69, 9.17) is 0 Å². The lowest BCUT2D eigenvalue weighted by Crippen LogP contribution is -2.53. The molecule has 1 fully saturated rings. The molecule has 2 rings (SSSR count). The van der Waals surface area contributed by atoms with Gasteiger partial charge in [0, 0.05) is 13.1 Å². The van der Waals surface area contributed by atoms with Gasteiger partial charge >= 0.3 is 0 Å². The van der Waals surface area contributed by atoms with Crippen LogP contribution in [0.3, 0.4) is 0 Å². The molecule has 0 spiro atoms. The molecule has 1 aromatic rings. The molecular formula is C18H27N3O4S. The summed E-state index contributed by atoms with van der Waals surface area (Å²) in [7, 11) is -3.44. The Bertz CT molecular complexity index is 706. The fraction of sp³-hybridized carbons (Fsp3) is 0.556. The maximum absolute atomic E-state index is 12.4. The molecule has 1 atom stereocenters. The van der Waals surface area contributed by atoms with Gasteiger partial charge in [0.2, 0.25) is 21.8 Å².